The Kier molecular flexibility index (Phi) is 3.89. The average molecular weight is 271 g/mol. The number of carboxylic acids is 1. The van der Waals surface area contributed by atoms with Crippen molar-refractivity contribution < 1.29 is 24.2 Å². The predicted octanol–water partition coefficient (Wildman–Crippen LogP) is -1.19. The molecule has 2 aliphatic rings. The van der Waals surface area contributed by atoms with E-state index in [1.807, 2.05) is 0 Å². The summed E-state index contributed by atoms with van der Waals surface area (Å²) in [4.78, 5) is 34.2. The molecular formula is C11H17N3O5. The van der Waals surface area contributed by atoms with Gasteiger partial charge in [-0.1, -0.05) is 0 Å². The standard InChI is InChI=1S/C11H17N3O5/c15-8-5-7(6-12-8)13-10(18)14-11(9(16)17)1-3-19-4-2-11/h7H,1-6H2,(H,12,15)(H,16,17)(H2,13,14,18). The third-order valence-corrected chi connectivity index (χ3v) is 3.42. The number of carboxylic acid groups (broad SMARTS) is 1. The van der Waals surface area contributed by atoms with E-state index in [-0.39, 0.29) is 31.2 Å². The molecule has 2 heterocycles. The normalized spacial score (nSPS) is 25.5. The molecule has 3 amide bonds. The highest BCUT2D eigenvalue weighted by Crippen LogP contribution is 2.21. The summed E-state index contributed by atoms with van der Waals surface area (Å²) in [5, 5.41) is 17.0. The van der Waals surface area contributed by atoms with Crippen LogP contribution in [0.5, 0.6) is 0 Å². The first-order chi connectivity index (χ1) is 9.02. The maximum Gasteiger partial charge on any atom is 0.329 e. The second kappa shape index (κ2) is 5.43. The number of carbonyl (C=O) groups is 3. The molecule has 8 heteroatoms. The summed E-state index contributed by atoms with van der Waals surface area (Å²) in [5.74, 6) is -1.18. The highest BCUT2D eigenvalue weighted by Gasteiger charge is 2.42. The third kappa shape index (κ3) is 3.14. The van der Waals surface area contributed by atoms with Crippen LogP contribution in [0.15, 0.2) is 0 Å². The van der Waals surface area contributed by atoms with Gasteiger partial charge < -0.3 is 25.8 Å². The number of hydrogen-bond donors (Lipinski definition) is 4. The van der Waals surface area contributed by atoms with Gasteiger partial charge in [0.2, 0.25) is 5.91 Å². The second-order valence-corrected chi connectivity index (χ2v) is 4.80. The Balaban J connectivity index is 1.91. The van der Waals surface area contributed by atoms with Crippen molar-refractivity contribution in [1.29, 1.82) is 0 Å². The Bertz CT molecular complexity index is 392. The summed E-state index contributed by atoms with van der Waals surface area (Å²) >= 11 is 0. The first-order valence-electron chi connectivity index (χ1n) is 6.18. The minimum absolute atomic E-state index is 0.121. The molecule has 19 heavy (non-hydrogen) atoms. The van der Waals surface area contributed by atoms with Crippen LogP contribution in [0.3, 0.4) is 0 Å². The van der Waals surface area contributed by atoms with E-state index in [2.05, 4.69) is 16.0 Å². The van der Waals surface area contributed by atoms with Crippen molar-refractivity contribution in [1.82, 2.24) is 16.0 Å². The molecule has 8 nitrogen and oxygen atoms in total. The van der Waals surface area contributed by atoms with E-state index >= 15 is 0 Å². The zero-order valence-electron chi connectivity index (χ0n) is 10.4. The quantitative estimate of drug-likeness (QED) is 0.515. The summed E-state index contributed by atoms with van der Waals surface area (Å²) < 4.78 is 5.11. The molecule has 106 valence electrons. The summed E-state index contributed by atoms with van der Waals surface area (Å²) in [6.07, 6.45) is 0.686. The Morgan fingerprint density at radius 2 is 2.05 bits per heavy atom. The van der Waals surface area contributed by atoms with E-state index in [0.29, 0.717) is 19.8 Å². The maximum absolute atomic E-state index is 11.8. The minimum atomic E-state index is -1.28. The van der Waals surface area contributed by atoms with Crippen LogP contribution in [0.25, 0.3) is 0 Å². The Hall–Kier alpha value is -1.83. The molecule has 2 aliphatic heterocycles. The van der Waals surface area contributed by atoms with Gasteiger partial charge in [-0.25, -0.2) is 9.59 Å². The number of amides is 3. The van der Waals surface area contributed by atoms with Crippen molar-refractivity contribution in [3.63, 3.8) is 0 Å². The highest BCUT2D eigenvalue weighted by molar-refractivity contribution is 5.87. The molecule has 0 saturated carbocycles. The second-order valence-electron chi connectivity index (χ2n) is 4.80. The molecule has 1 unspecified atom stereocenters. The third-order valence-electron chi connectivity index (χ3n) is 3.42. The van der Waals surface area contributed by atoms with Crippen LogP contribution in [0.2, 0.25) is 0 Å². The van der Waals surface area contributed by atoms with Gasteiger partial charge in [-0.2, -0.15) is 0 Å². The van der Waals surface area contributed by atoms with Crippen LogP contribution in [0.1, 0.15) is 19.3 Å². The molecule has 0 aliphatic carbocycles. The summed E-state index contributed by atoms with van der Waals surface area (Å²) in [6.45, 7) is 0.974. The number of nitrogens with one attached hydrogen (secondary N) is 3. The summed E-state index contributed by atoms with van der Waals surface area (Å²) in [6, 6.07) is -0.857. The van der Waals surface area contributed by atoms with Gasteiger partial charge in [0.25, 0.3) is 0 Å². The Morgan fingerprint density at radius 1 is 1.37 bits per heavy atom. The van der Waals surface area contributed by atoms with Gasteiger partial charge in [0, 0.05) is 39.0 Å². The monoisotopic (exact) mass is 271 g/mol. The molecule has 4 N–H and O–H groups in total. The summed E-state index contributed by atoms with van der Waals surface area (Å²) in [5.41, 5.74) is -1.28. The number of urea groups is 1. The van der Waals surface area contributed by atoms with E-state index in [1.165, 1.54) is 0 Å². The van der Waals surface area contributed by atoms with Crippen LogP contribution in [0.4, 0.5) is 4.79 Å². The van der Waals surface area contributed by atoms with Gasteiger partial charge in [-0.3, -0.25) is 4.79 Å². The van der Waals surface area contributed by atoms with Crippen LogP contribution >= 0.6 is 0 Å². The fourth-order valence-corrected chi connectivity index (χ4v) is 2.26. The molecule has 1 atom stereocenters. The van der Waals surface area contributed by atoms with E-state index in [4.69, 9.17) is 4.74 Å². The number of carbonyl (C=O) groups excluding carboxylic acids is 2. The van der Waals surface area contributed by atoms with Gasteiger partial charge in [-0.05, 0) is 0 Å². The van der Waals surface area contributed by atoms with Gasteiger partial charge in [-0.15, -0.1) is 0 Å². The zero-order valence-corrected chi connectivity index (χ0v) is 10.4. The van der Waals surface area contributed by atoms with E-state index < -0.39 is 17.5 Å². The zero-order chi connectivity index (χ0) is 13.9. The van der Waals surface area contributed by atoms with Gasteiger partial charge in [0.15, 0.2) is 0 Å². The smallest absolute Gasteiger partial charge is 0.329 e. The molecule has 0 aromatic carbocycles. The van der Waals surface area contributed by atoms with Crippen molar-refractivity contribution in [3.8, 4) is 0 Å². The molecule has 2 fully saturated rings. The Morgan fingerprint density at radius 3 is 2.58 bits per heavy atom. The SMILES string of the molecule is O=C1CC(NC(=O)NC2(C(=O)O)CCOCC2)CN1. The maximum atomic E-state index is 11.8. The molecule has 0 bridgehead atoms. The molecule has 2 saturated heterocycles. The largest absolute Gasteiger partial charge is 0.480 e. The first kappa shape index (κ1) is 13.6. The fourth-order valence-electron chi connectivity index (χ4n) is 2.26. The van der Waals surface area contributed by atoms with Gasteiger partial charge >= 0.3 is 12.0 Å². The predicted molar refractivity (Wildman–Crippen MR) is 63.5 cm³/mol. The van der Waals surface area contributed by atoms with E-state index in [1.54, 1.807) is 0 Å². The lowest BCUT2D eigenvalue weighted by Crippen LogP contribution is -2.60. The molecule has 0 radical (unpaired) electrons. The van der Waals surface area contributed by atoms with Gasteiger partial charge in [0.1, 0.15) is 5.54 Å². The number of rotatable bonds is 3. The van der Waals surface area contributed by atoms with E-state index in [0.717, 1.165) is 0 Å². The average Bonchev–Trinajstić information content (AvgIpc) is 2.75. The number of ether oxygens (including phenoxy) is 1. The number of aliphatic carboxylic acids is 1. The lowest BCUT2D eigenvalue weighted by molar-refractivity contribution is -0.148. The van der Waals surface area contributed by atoms with E-state index in [9.17, 15) is 19.5 Å². The number of hydrogen-bond acceptors (Lipinski definition) is 4. The van der Waals surface area contributed by atoms with Crippen LogP contribution in [-0.2, 0) is 14.3 Å². The molecular weight excluding hydrogens is 254 g/mol. The Labute approximate surface area is 109 Å². The molecule has 2 rings (SSSR count). The molecule has 0 aromatic rings. The van der Waals surface area contributed by atoms with Crippen molar-refractivity contribution in [2.24, 2.45) is 0 Å². The molecule has 0 aromatic heterocycles. The lowest BCUT2D eigenvalue weighted by atomic mass is 9.90. The topological polar surface area (TPSA) is 117 Å². The summed E-state index contributed by atoms with van der Waals surface area (Å²) in [7, 11) is 0. The molecule has 0 spiro atoms. The lowest BCUT2D eigenvalue weighted by Gasteiger charge is -2.34. The van der Waals surface area contributed by atoms with Gasteiger partial charge in [0.05, 0.1) is 6.04 Å². The van der Waals surface area contributed by atoms with Crippen molar-refractivity contribution >= 4 is 17.9 Å². The van der Waals surface area contributed by atoms with Crippen LogP contribution in [0, 0.1) is 0 Å². The van der Waals surface area contributed by atoms with Crippen LogP contribution < -0.4 is 16.0 Å². The van der Waals surface area contributed by atoms with Crippen molar-refractivity contribution in [2.75, 3.05) is 19.8 Å². The van der Waals surface area contributed by atoms with Crippen molar-refractivity contribution in [3.05, 3.63) is 0 Å². The van der Waals surface area contributed by atoms with Crippen molar-refractivity contribution in [2.45, 2.75) is 30.8 Å². The fraction of sp³-hybridized carbons (Fsp3) is 0.727. The highest BCUT2D eigenvalue weighted by atomic mass is 16.5. The minimum Gasteiger partial charge on any atom is -0.480 e. The van der Waals surface area contributed by atoms with Crippen LogP contribution in [-0.4, -0.2) is 54.4 Å². The first-order valence-corrected chi connectivity index (χ1v) is 6.18.